The molecule has 0 unspecified atom stereocenters. The number of hydrogen-bond donors (Lipinski definition) is 0. The van der Waals surface area contributed by atoms with Crippen LogP contribution in [-0.2, 0) is 6.54 Å². The Morgan fingerprint density at radius 1 is 0.857 bits per heavy atom. The first-order valence-corrected chi connectivity index (χ1v) is 10.3. The van der Waals surface area contributed by atoms with Gasteiger partial charge in [-0.2, -0.15) is 0 Å². The van der Waals surface area contributed by atoms with Gasteiger partial charge in [0, 0.05) is 0 Å². The molecule has 28 heavy (non-hydrogen) atoms. The van der Waals surface area contributed by atoms with E-state index in [-0.39, 0.29) is 15.0 Å². The average molecular weight is 433 g/mol. The molecule has 5 rings (SSSR count). The van der Waals surface area contributed by atoms with Gasteiger partial charge in [-0.25, -0.2) is 0 Å². The molecule has 8 nitrogen and oxygen atoms in total. The van der Waals surface area contributed by atoms with Crippen molar-refractivity contribution in [3.8, 4) is 5.69 Å². The zero-order chi connectivity index (χ0) is 18.8. The molecule has 0 fully saturated rings. The minimum atomic E-state index is -0.216. The number of tetrazole rings is 1. The van der Waals surface area contributed by atoms with Gasteiger partial charge in [0.25, 0.3) is 0 Å². The van der Waals surface area contributed by atoms with E-state index in [0.29, 0.717) is 6.54 Å². The number of benzene rings is 2. The second-order valence-corrected chi connectivity index (χ2v) is 8.03. The Bertz CT molecular complexity index is 1220. The van der Waals surface area contributed by atoms with Crippen LogP contribution in [0.2, 0.25) is 0 Å². The monoisotopic (exact) mass is 434 g/mol. The molecule has 0 saturated heterocycles. The molecule has 9 heteroatoms. The van der Waals surface area contributed by atoms with Crippen LogP contribution in [0.5, 0.6) is 0 Å². The molecule has 0 aliphatic rings. The molecule has 0 aliphatic heterocycles. The van der Waals surface area contributed by atoms with Crippen LogP contribution in [0.4, 0.5) is 0 Å². The van der Waals surface area contributed by atoms with E-state index in [4.69, 9.17) is 0 Å². The van der Waals surface area contributed by atoms with Gasteiger partial charge in [0.1, 0.15) is 0 Å². The van der Waals surface area contributed by atoms with Crippen LogP contribution in [0.15, 0.2) is 73.3 Å². The first-order chi connectivity index (χ1) is 13.9. The maximum atomic E-state index is 4.57. The standard InChI is InChI=1S/C19H14N8Se/c1-3-7-14(8-4-1)11-26-13-22-16-17(26)20-12-21-18(16)28-19-23-24-25-27(19)15-9-5-2-6-10-15/h1-10,12-13H,11H2. The van der Waals surface area contributed by atoms with Crippen LogP contribution in [0.25, 0.3) is 16.9 Å². The summed E-state index contributed by atoms with van der Waals surface area (Å²) in [5, 5.41) is 12.2. The fourth-order valence-electron chi connectivity index (χ4n) is 2.89. The summed E-state index contributed by atoms with van der Waals surface area (Å²) in [7, 11) is 0. The molecular formula is C19H14N8Se. The molecule has 0 amide bonds. The van der Waals surface area contributed by atoms with Crippen molar-refractivity contribution in [2.45, 2.75) is 6.54 Å². The molecule has 2 aromatic carbocycles. The first kappa shape index (κ1) is 16.7. The van der Waals surface area contributed by atoms with Gasteiger partial charge in [0.15, 0.2) is 0 Å². The summed E-state index contributed by atoms with van der Waals surface area (Å²) in [5.41, 5.74) is 3.72. The third-order valence-corrected chi connectivity index (χ3v) is 6.14. The minimum absolute atomic E-state index is 0.216. The summed E-state index contributed by atoms with van der Waals surface area (Å²) in [6, 6.07) is 20.1. The SMILES string of the molecule is c1ccc(Cn2cnc3c([Se]c4nnnn4-c4ccccc4)ncnc32)cc1. The first-order valence-electron chi connectivity index (χ1n) is 8.60. The van der Waals surface area contributed by atoms with Crippen LogP contribution in [0.1, 0.15) is 5.56 Å². The van der Waals surface area contributed by atoms with Crippen LogP contribution in [0, 0.1) is 0 Å². The normalized spacial score (nSPS) is 11.1. The Morgan fingerprint density at radius 3 is 2.46 bits per heavy atom. The Balaban J connectivity index is 1.49. The quantitative estimate of drug-likeness (QED) is 0.376. The summed E-state index contributed by atoms with van der Waals surface area (Å²) in [6.45, 7) is 0.711. The molecule has 0 aliphatic carbocycles. The van der Waals surface area contributed by atoms with Crippen molar-refractivity contribution >= 4 is 35.4 Å². The average Bonchev–Trinajstić information content (AvgIpc) is 3.37. The van der Waals surface area contributed by atoms with Crippen LogP contribution in [-0.4, -0.2) is 54.7 Å². The van der Waals surface area contributed by atoms with Gasteiger partial charge in [-0.1, -0.05) is 0 Å². The Kier molecular flexibility index (Phi) is 4.36. The zero-order valence-electron chi connectivity index (χ0n) is 14.6. The summed E-state index contributed by atoms with van der Waals surface area (Å²) >= 11 is -0.216. The van der Waals surface area contributed by atoms with E-state index in [1.165, 1.54) is 5.56 Å². The number of fused-ring (bicyclic) bond motifs is 1. The van der Waals surface area contributed by atoms with Gasteiger partial charge in [-0.15, -0.1) is 0 Å². The van der Waals surface area contributed by atoms with E-state index in [1.807, 2.05) is 59.4 Å². The molecule has 0 saturated carbocycles. The summed E-state index contributed by atoms with van der Waals surface area (Å²) in [6.07, 6.45) is 3.39. The Hall–Kier alpha value is -3.42. The molecule has 3 aromatic heterocycles. The van der Waals surface area contributed by atoms with Crippen molar-refractivity contribution in [3.63, 3.8) is 0 Å². The van der Waals surface area contributed by atoms with Crippen molar-refractivity contribution in [2.24, 2.45) is 0 Å². The van der Waals surface area contributed by atoms with Crippen molar-refractivity contribution < 1.29 is 0 Å². The van der Waals surface area contributed by atoms with E-state index in [0.717, 1.165) is 26.2 Å². The fraction of sp³-hybridized carbons (Fsp3) is 0.0526. The van der Waals surface area contributed by atoms with Crippen molar-refractivity contribution in [3.05, 3.63) is 78.9 Å². The molecule has 0 atom stereocenters. The van der Waals surface area contributed by atoms with Gasteiger partial charge in [-0.3, -0.25) is 0 Å². The second kappa shape index (κ2) is 7.30. The number of aromatic nitrogens is 8. The van der Waals surface area contributed by atoms with Gasteiger partial charge < -0.3 is 0 Å². The summed E-state index contributed by atoms with van der Waals surface area (Å²) in [5.74, 6) is 0. The number of para-hydroxylation sites is 1. The van der Waals surface area contributed by atoms with E-state index >= 15 is 0 Å². The molecular weight excluding hydrogens is 419 g/mol. The molecule has 0 radical (unpaired) electrons. The van der Waals surface area contributed by atoms with E-state index < -0.39 is 0 Å². The number of hydrogen-bond acceptors (Lipinski definition) is 6. The number of rotatable bonds is 5. The van der Waals surface area contributed by atoms with E-state index in [2.05, 4.69) is 42.6 Å². The van der Waals surface area contributed by atoms with Gasteiger partial charge in [0.2, 0.25) is 0 Å². The molecule has 3 heterocycles. The van der Waals surface area contributed by atoms with E-state index in [1.54, 1.807) is 11.0 Å². The second-order valence-electron chi connectivity index (χ2n) is 6.02. The zero-order valence-corrected chi connectivity index (χ0v) is 16.3. The molecule has 0 bridgehead atoms. The third-order valence-electron chi connectivity index (χ3n) is 4.19. The molecule has 0 spiro atoms. The van der Waals surface area contributed by atoms with Crippen LogP contribution in [0.3, 0.4) is 0 Å². The van der Waals surface area contributed by atoms with Crippen molar-refractivity contribution in [1.29, 1.82) is 0 Å². The maximum absolute atomic E-state index is 4.57. The molecule has 136 valence electrons. The van der Waals surface area contributed by atoms with E-state index in [9.17, 15) is 0 Å². The predicted molar refractivity (Wildman–Crippen MR) is 105 cm³/mol. The van der Waals surface area contributed by atoms with Crippen molar-refractivity contribution in [2.75, 3.05) is 0 Å². The topological polar surface area (TPSA) is 87.2 Å². The van der Waals surface area contributed by atoms with Gasteiger partial charge in [-0.05, 0) is 0 Å². The Morgan fingerprint density at radius 2 is 1.64 bits per heavy atom. The predicted octanol–water partition coefficient (Wildman–Crippen LogP) is 0.505. The van der Waals surface area contributed by atoms with Gasteiger partial charge >= 0.3 is 166 Å². The third kappa shape index (κ3) is 3.17. The molecule has 0 N–H and O–H groups in total. The number of imidazole rings is 1. The van der Waals surface area contributed by atoms with Crippen LogP contribution >= 0.6 is 0 Å². The molecule has 5 aromatic rings. The van der Waals surface area contributed by atoms with Gasteiger partial charge in [0.05, 0.1) is 0 Å². The number of nitrogens with zero attached hydrogens (tertiary/aromatic N) is 8. The summed E-state index contributed by atoms with van der Waals surface area (Å²) < 4.78 is 5.40. The van der Waals surface area contributed by atoms with Crippen molar-refractivity contribution in [1.82, 2.24) is 39.7 Å². The van der Waals surface area contributed by atoms with Crippen LogP contribution < -0.4 is 9.32 Å². The Labute approximate surface area is 166 Å². The fourth-order valence-corrected chi connectivity index (χ4v) is 4.61. The summed E-state index contributed by atoms with van der Waals surface area (Å²) in [4.78, 5) is 13.5.